The molecule has 0 radical (unpaired) electrons. The van der Waals surface area contributed by atoms with E-state index in [0.717, 1.165) is 6.07 Å². The molecule has 2 rings (SSSR count). The molecule has 4 nitrogen and oxygen atoms in total. The third-order valence-corrected chi connectivity index (χ3v) is 4.26. The third-order valence-electron chi connectivity index (χ3n) is 4.26. The Morgan fingerprint density at radius 2 is 1.50 bits per heavy atom. The van der Waals surface area contributed by atoms with Crippen LogP contribution in [0.1, 0.15) is 38.3 Å². The van der Waals surface area contributed by atoms with Crippen molar-refractivity contribution in [1.82, 2.24) is 0 Å². The van der Waals surface area contributed by atoms with Crippen molar-refractivity contribution in [2.24, 2.45) is 5.73 Å². The maximum Gasteiger partial charge on any atom is 0.427 e. The van der Waals surface area contributed by atoms with E-state index in [1.54, 1.807) is 0 Å². The van der Waals surface area contributed by atoms with Gasteiger partial charge in [-0.3, -0.25) is 9.59 Å². The number of anilines is 1. The predicted molar refractivity (Wildman–Crippen MR) is 93.6 cm³/mol. The van der Waals surface area contributed by atoms with Gasteiger partial charge in [-0.25, -0.2) is 4.39 Å². The van der Waals surface area contributed by atoms with Gasteiger partial charge in [-0.1, -0.05) is 24.3 Å². The minimum Gasteiger partial charge on any atom is -0.366 e. The van der Waals surface area contributed by atoms with Crippen LogP contribution in [0, 0.1) is 6.92 Å². The van der Waals surface area contributed by atoms with Crippen LogP contribution in [0.15, 0.2) is 42.5 Å². The first-order chi connectivity index (χ1) is 13.7. The summed E-state index contributed by atoms with van der Waals surface area (Å²) < 4.78 is 91.6. The number of halogens is 7. The van der Waals surface area contributed by atoms with Crippen molar-refractivity contribution in [3.8, 4) is 0 Å². The van der Waals surface area contributed by atoms with Crippen molar-refractivity contribution < 1.29 is 40.3 Å². The molecule has 162 valence electrons. The van der Waals surface area contributed by atoms with Gasteiger partial charge in [0.05, 0.1) is 17.5 Å². The van der Waals surface area contributed by atoms with Crippen LogP contribution in [-0.4, -0.2) is 24.2 Å². The largest absolute Gasteiger partial charge is 0.427 e. The lowest BCUT2D eigenvalue weighted by Crippen LogP contribution is -2.42. The van der Waals surface area contributed by atoms with E-state index in [-0.39, 0.29) is 22.4 Å². The molecule has 11 heteroatoms. The number of rotatable bonds is 5. The number of hydrogen-bond donors (Lipinski definition) is 2. The van der Waals surface area contributed by atoms with Crippen molar-refractivity contribution in [3.63, 3.8) is 0 Å². The zero-order chi connectivity index (χ0) is 22.9. The third kappa shape index (κ3) is 4.89. The van der Waals surface area contributed by atoms with Crippen LogP contribution in [0.4, 0.5) is 36.4 Å². The summed E-state index contributed by atoms with van der Waals surface area (Å²) >= 11 is 0. The van der Waals surface area contributed by atoms with Gasteiger partial charge in [0.25, 0.3) is 5.91 Å². The van der Waals surface area contributed by atoms with Gasteiger partial charge in [0, 0.05) is 5.69 Å². The molecular weight excluding hydrogens is 421 g/mol. The normalized spacial score (nSPS) is 14.1. The molecule has 0 aliphatic carbocycles. The average Bonchev–Trinajstić information content (AvgIpc) is 2.60. The molecule has 0 saturated heterocycles. The van der Waals surface area contributed by atoms with Crippen LogP contribution < -0.4 is 11.1 Å². The minimum absolute atomic E-state index is 0.0837. The molecule has 3 N–H and O–H groups in total. The van der Waals surface area contributed by atoms with E-state index < -0.39 is 41.8 Å². The highest BCUT2D eigenvalue weighted by Crippen LogP contribution is 2.49. The summed E-state index contributed by atoms with van der Waals surface area (Å²) in [6.45, 7) is 1.18. The second-order valence-electron chi connectivity index (χ2n) is 6.48. The maximum atomic E-state index is 14.5. The van der Waals surface area contributed by atoms with E-state index in [4.69, 9.17) is 5.73 Å². The van der Waals surface area contributed by atoms with Gasteiger partial charge in [-0.2, -0.15) is 26.3 Å². The number of amides is 2. The standard InChI is InChI=1S/C19H15F7N2O2/c1-10-8-11(17(20,19(24,25)26)9-18(21,22)23)6-7-14(10)28-16(30)13-5-3-2-4-12(13)15(27)29/h2-8H,9H2,1H3,(H2,27,29)(H,28,30). The molecule has 0 aliphatic rings. The first-order valence-electron chi connectivity index (χ1n) is 8.29. The Kier molecular flexibility index (Phi) is 6.15. The molecule has 0 bridgehead atoms. The minimum atomic E-state index is -5.82. The van der Waals surface area contributed by atoms with Crippen LogP contribution in [-0.2, 0) is 5.67 Å². The summed E-state index contributed by atoms with van der Waals surface area (Å²) in [4.78, 5) is 23.8. The summed E-state index contributed by atoms with van der Waals surface area (Å²) in [5.74, 6) is -1.73. The summed E-state index contributed by atoms with van der Waals surface area (Å²) in [5.41, 5.74) is -1.17. The molecule has 0 saturated carbocycles. The first-order valence-corrected chi connectivity index (χ1v) is 8.29. The predicted octanol–water partition coefficient (Wildman–Crippen LogP) is 5.03. The van der Waals surface area contributed by atoms with Gasteiger partial charge in [-0.05, 0) is 36.2 Å². The zero-order valence-corrected chi connectivity index (χ0v) is 15.3. The van der Waals surface area contributed by atoms with E-state index in [9.17, 15) is 40.3 Å². The Bertz CT molecular complexity index is 970. The van der Waals surface area contributed by atoms with E-state index >= 15 is 0 Å². The molecule has 1 unspecified atom stereocenters. The van der Waals surface area contributed by atoms with Crippen LogP contribution in [0.5, 0.6) is 0 Å². The van der Waals surface area contributed by atoms with Gasteiger partial charge < -0.3 is 11.1 Å². The first kappa shape index (κ1) is 23.2. The van der Waals surface area contributed by atoms with Gasteiger partial charge in [0.2, 0.25) is 11.6 Å². The molecule has 0 spiro atoms. The molecule has 2 aromatic rings. The Morgan fingerprint density at radius 1 is 0.933 bits per heavy atom. The fraction of sp³-hybridized carbons (Fsp3) is 0.263. The van der Waals surface area contributed by atoms with Crippen LogP contribution in [0.3, 0.4) is 0 Å². The molecular formula is C19H15F7N2O2. The lowest BCUT2D eigenvalue weighted by molar-refractivity contribution is -0.273. The fourth-order valence-corrected chi connectivity index (χ4v) is 2.78. The van der Waals surface area contributed by atoms with E-state index in [0.29, 0.717) is 12.1 Å². The smallest absolute Gasteiger partial charge is 0.366 e. The lowest BCUT2D eigenvalue weighted by Gasteiger charge is -2.29. The summed E-state index contributed by atoms with van der Waals surface area (Å²) in [7, 11) is 0. The molecule has 30 heavy (non-hydrogen) atoms. The Morgan fingerprint density at radius 3 is 1.97 bits per heavy atom. The SMILES string of the molecule is Cc1cc(C(F)(CC(F)(F)F)C(F)(F)F)ccc1NC(=O)c1ccccc1C(N)=O. The molecule has 0 heterocycles. The average molecular weight is 436 g/mol. The highest BCUT2D eigenvalue weighted by molar-refractivity contribution is 6.12. The number of nitrogens with two attached hydrogens (primary N) is 1. The molecule has 0 aliphatic heterocycles. The quantitative estimate of drug-likeness (QED) is 0.646. The summed E-state index contributed by atoms with van der Waals surface area (Å²) in [6.07, 6.45) is -14.0. The molecule has 2 amide bonds. The number of carbonyl (C=O) groups is 2. The van der Waals surface area contributed by atoms with Gasteiger partial charge in [0.15, 0.2) is 0 Å². The van der Waals surface area contributed by atoms with Gasteiger partial charge >= 0.3 is 12.4 Å². The number of alkyl halides is 7. The topological polar surface area (TPSA) is 72.2 Å². The second-order valence-corrected chi connectivity index (χ2v) is 6.48. The number of primary amides is 1. The van der Waals surface area contributed by atoms with Crippen molar-refractivity contribution >= 4 is 17.5 Å². The van der Waals surface area contributed by atoms with E-state index in [1.165, 1.54) is 31.2 Å². The number of hydrogen-bond acceptors (Lipinski definition) is 2. The second kappa shape index (κ2) is 7.96. The molecule has 0 fully saturated rings. The highest BCUT2D eigenvalue weighted by atomic mass is 19.4. The molecule has 2 aromatic carbocycles. The van der Waals surface area contributed by atoms with E-state index in [2.05, 4.69) is 5.32 Å². The molecule has 0 aromatic heterocycles. The fourth-order valence-electron chi connectivity index (χ4n) is 2.78. The van der Waals surface area contributed by atoms with Crippen molar-refractivity contribution in [2.45, 2.75) is 31.4 Å². The number of aryl methyl sites for hydroxylation is 1. The van der Waals surface area contributed by atoms with E-state index in [1.807, 2.05) is 0 Å². The Balaban J connectivity index is 2.39. The van der Waals surface area contributed by atoms with Crippen molar-refractivity contribution in [3.05, 3.63) is 64.7 Å². The van der Waals surface area contributed by atoms with Crippen LogP contribution in [0.25, 0.3) is 0 Å². The van der Waals surface area contributed by atoms with Crippen molar-refractivity contribution in [2.75, 3.05) is 5.32 Å². The number of carbonyl (C=O) groups excluding carboxylic acids is 2. The lowest BCUT2D eigenvalue weighted by atomic mass is 9.89. The summed E-state index contributed by atoms with van der Waals surface area (Å²) in [6, 6.07) is 7.40. The van der Waals surface area contributed by atoms with Crippen molar-refractivity contribution in [1.29, 1.82) is 0 Å². The molecule has 1 atom stereocenters. The summed E-state index contributed by atoms with van der Waals surface area (Å²) in [5, 5.41) is 2.31. The van der Waals surface area contributed by atoms with Crippen LogP contribution in [0.2, 0.25) is 0 Å². The van der Waals surface area contributed by atoms with Crippen LogP contribution >= 0.6 is 0 Å². The Hall–Kier alpha value is -3.11. The zero-order valence-electron chi connectivity index (χ0n) is 15.3. The maximum absolute atomic E-state index is 14.5. The number of benzene rings is 2. The Labute approximate surface area is 165 Å². The van der Waals surface area contributed by atoms with Gasteiger partial charge in [-0.15, -0.1) is 0 Å². The number of nitrogens with one attached hydrogen (secondary N) is 1. The monoisotopic (exact) mass is 436 g/mol. The van der Waals surface area contributed by atoms with Gasteiger partial charge in [0.1, 0.15) is 0 Å². The highest BCUT2D eigenvalue weighted by Gasteiger charge is 2.61.